The van der Waals surface area contributed by atoms with Crippen LogP contribution in [0.1, 0.15) is 54.9 Å². The van der Waals surface area contributed by atoms with Gasteiger partial charge in [0, 0.05) is 37.3 Å². The highest BCUT2D eigenvalue weighted by molar-refractivity contribution is 5.92. The Labute approximate surface area is 174 Å². The van der Waals surface area contributed by atoms with Gasteiger partial charge in [-0.25, -0.2) is 4.99 Å². The molecule has 0 atom stereocenters. The molecule has 29 heavy (non-hydrogen) atoms. The van der Waals surface area contributed by atoms with Crippen molar-refractivity contribution in [1.29, 1.82) is 0 Å². The molecule has 0 bridgehead atoms. The summed E-state index contributed by atoms with van der Waals surface area (Å²) in [6.45, 7) is 8.05. The number of nitrogens with two attached hydrogens (primary N) is 1. The smallest absolute Gasteiger partial charge is 0.248 e. The molecule has 3 rings (SSSR count). The number of carbonyl (C=O) groups excluding carboxylic acids is 1. The number of guanidine groups is 1. The Bertz CT molecular complexity index is 677. The highest BCUT2D eigenvalue weighted by Gasteiger charge is 2.38. The number of amides is 1. The molecule has 7 heteroatoms. The van der Waals surface area contributed by atoms with Crippen LogP contribution in [0.15, 0.2) is 29.3 Å². The number of hydrogen-bond acceptors (Lipinski definition) is 4. The Balaban J connectivity index is 1.64. The summed E-state index contributed by atoms with van der Waals surface area (Å²) in [5.74, 6) is 0.431. The third-order valence-electron chi connectivity index (χ3n) is 6.05. The highest BCUT2D eigenvalue weighted by Crippen LogP contribution is 2.33. The first-order chi connectivity index (χ1) is 14.1. The fraction of sp³-hybridized carbons (Fsp3) is 0.636. The van der Waals surface area contributed by atoms with E-state index in [0.29, 0.717) is 12.1 Å². The van der Waals surface area contributed by atoms with E-state index in [-0.39, 0.29) is 5.54 Å². The van der Waals surface area contributed by atoms with Crippen LogP contribution in [-0.4, -0.2) is 61.7 Å². The average Bonchev–Trinajstić information content (AvgIpc) is 2.77. The standard InChI is InChI=1S/C22H35N5O2/c1-2-24-21(25-16-18-6-8-19(9-7-18)20(23)28)26-17-22(10-4-3-5-11-22)27-12-14-29-15-13-27/h6-9H,2-5,10-17H2,1H3,(H2,23,28)(H2,24,25,26). The summed E-state index contributed by atoms with van der Waals surface area (Å²) in [5.41, 5.74) is 7.08. The van der Waals surface area contributed by atoms with E-state index in [2.05, 4.69) is 22.5 Å². The molecule has 1 aliphatic heterocycles. The monoisotopic (exact) mass is 401 g/mol. The minimum Gasteiger partial charge on any atom is -0.379 e. The Hall–Kier alpha value is -2.12. The minimum atomic E-state index is -0.407. The Morgan fingerprint density at radius 2 is 1.83 bits per heavy atom. The number of nitrogens with zero attached hydrogens (tertiary/aromatic N) is 2. The van der Waals surface area contributed by atoms with Gasteiger partial charge in [0.1, 0.15) is 0 Å². The molecular weight excluding hydrogens is 366 g/mol. The lowest BCUT2D eigenvalue weighted by molar-refractivity contribution is -0.0352. The van der Waals surface area contributed by atoms with Crippen molar-refractivity contribution < 1.29 is 9.53 Å². The van der Waals surface area contributed by atoms with Crippen molar-refractivity contribution in [2.45, 2.75) is 51.1 Å². The molecule has 1 aliphatic carbocycles. The van der Waals surface area contributed by atoms with Crippen molar-refractivity contribution in [2.24, 2.45) is 10.7 Å². The zero-order valence-electron chi connectivity index (χ0n) is 17.6. The normalized spacial score (nSPS) is 20.2. The van der Waals surface area contributed by atoms with Crippen LogP contribution < -0.4 is 16.4 Å². The van der Waals surface area contributed by atoms with Crippen LogP contribution in [0, 0.1) is 0 Å². The molecular formula is C22H35N5O2. The molecule has 1 aromatic carbocycles. The quantitative estimate of drug-likeness (QED) is 0.479. The van der Waals surface area contributed by atoms with Gasteiger partial charge in [0.05, 0.1) is 19.8 Å². The van der Waals surface area contributed by atoms with Gasteiger partial charge in [-0.1, -0.05) is 31.4 Å². The maximum atomic E-state index is 11.2. The molecule has 4 N–H and O–H groups in total. The molecule has 1 amide bonds. The average molecular weight is 402 g/mol. The summed E-state index contributed by atoms with van der Waals surface area (Å²) in [6, 6.07) is 7.32. The number of carbonyl (C=O) groups is 1. The molecule has 0 unspecified atom stereocenters. The third-order valence-corrected chi connectivity index (χ3v) is 6.05. The molecule has 7 nitrogen and oxygen atoms in total. The number of rotatable bonds is 7. The van der Waals surface area contributed by atoms with Gasteiger partial charge < -0.3 is 21.1 Å². The van der Waals surface area contributed by atoms with Gasteiger partial charge in [-0.05, 0) is 37.5 Å². The number of nitrogens with one attached hydrogen (secondary N) is 2. The van der Waals surface area contributed by atoms with Crippen LogP contribution in [-0.2, 0) is 11.3 Å². The van der Waals surface area contributed by atoms with Gasteiger partial charge in [-0.3, -0.25) is 9.69 Å². The fourth-order valence-electron chi connectivity index (χ4n) is 4.39. The first-order valence-corrected chi connectivity index (χ1v) is 10.9. The molecule has 2 aliphatic rings. The molecule has 0 radical (unpaired) electrons. The minimum absolute atomic E-state index is 0.196. The second-order valence-electron chi connectivity index (χ2n) is 7.99. The zero-order valence-corrected chi connectivity index (χ0v) is 17.6. The van der Waals surface area contributed by atoms with Gasteiger partial charge in [0.2, 0.25) is 5.91 Å². The van der Waals surface area contributed by atoms with E-state index in [4.69, 9.17) is 15.5 Å². The molecule has 1 saturated carbocycles. The Kier molecular flexibility index (Phi) is 7.89. The van der Waals surface area contributed by atoms with E-state index in [1.807, 2.05) is 12.1 Å². The summed E-state index contributed by atoms with van der Waals surface area (Å²) in [6.07, 6.45) is 6.38. The number of benzene rings is 1. The highest BCUT2D eigenvalue weighted by atomic mass is 16.5. The molecule has 2 fully saturated rings. The van der Waals surface area contributed by atoms with E-state index in [1.165, 1.54) is 32.1 Å². The second kappa shape index (κ2) is 10.6. The lowest BCUT2D eigenvalue weighted by Gasteiger charge is -2.48. The topological polar surface area (TPSA) is 92.0 Å². The first-order valence-electron chi connectivity index (χ1n) is 10.9. The molecule has 1 heterocycles. The van der Waals surface area contributed by atoms with E-state index in [0.717, 1.165) is 50.9 Å². The lowest BCUT2D eigenvalue weighted by Crippen LogP contribution is -2.60. The number of ether oxygens (including phenoxy) is 1. The number of aliphatic imine (C=N–C) groups is 1. The zero-order chi connectivity index (χ0) is 20.5. The molecule has 1 aromatic rings. The maximum Gasteiger partial charge on any atom is 0.248 e. The molecule has 160 valence electrons. The Morgan fingerprint density at radius 3 is 2.45 bits per heavy atom. The summed E-state index contributed by atoms with van der Waals surface area (Å²) >= 11 is 0. The summed E-state index contributed by atoms with van der Waals surface area (Å²) in [5, 5.41) is 6.97. The largest absolute Gasteiger partial charge is 0.379 e. The number of primary amides is 1. The van der Waals surface area contributed by atoms with Crippen LogP contribution in [0.25, 0.3) is 0 Å². The SMILES string of the molecule is CCNC(=NCc1ccc(C(N)=O)cc1)NCC1(N2CCOCC2)CCCCC1. The van der Waals surface area contributed by atoms with E-state index in [9.17, 15) is 4.79 Å². The van der Waals surface area contributed by atoms with Gasteiger partial charge in [-0.15, -0.1) is 0 Å². The molecule has 0 spiro atoms. The maximum absolute atomic E-state index is 11.2. The predicted molar refractivity (Wildman–Crippen MR) is 116 cm³/mol. The Morgan fingerprint density at radius 1 is 1.14 bits per heavy atom. The van der Waals surface area contributed by atoms with Crippen molar-refractivity contribution in [3.05, 3.63) is 35.4 Å². The lowest BCUT2D eigenvalue weighted by atomic mass is 9.80. The van der Waals surface area contributed by atoms with Gasteiger partial charge in [0.15, 0.2) is 5.96 Å². The van der Waals surface area contributed by atoms with Gasteiger partial charge in [0.25, 0.3) is 0 Å². The van der Waals surface area contributed by atoms with Crippen LogP contribution in [0.4, 0.5) is 0 Å². The predicted octanol–water partition coefficient (Wildman–Crippen LogP) is 1.88. The summed E-state index contributed by atoms with van der Waals surface area (Å²) < 4.78 is 5.58. The summed E-state index contributed by atoms with van der Waals surface area (Å²) in [7, 11) is 0. The number of morpholine rings is 1. The third kappa shape index (κ3) is 5.93. The van der Waals surface area contributed by atoms with Crippen LogP contribution in [0.3, 0.4) is 0 Å². The van der Waals surface area contributed by atoms with Crippen molar-refractivity contribution in [2.75, 3.05) is 39.4 Å². The van der Waals surface area contributed by atoms with Crippen molar-refractivity contribution in [1.82, 2.24) is 15.5 Å². The number of hydrogen-bond donors (Lipinski definition) is 3. The van der Waals surface area contributed by atoms with E-state index < -0.39 is 5.91 Å². The van der Waals surface area contributed by atoms with Crippen molar-refractivity contribution in [3.63, 3.8) is 0 Å². The van der Waals surface area contributed by atoms with E-state index >= 15 is 0 Å². The molecule has 1 saturated heterocycles. The van der Waals surface area contributed by atoms with Crippen molar-refractivity contribution >= 4 is 11.9 Å². The van der Waals surface area contributed by atoms with Crippen LogP contribution in [0.2, 0.25) is 0 Å². The van der Waals surface area contributed by atoms with Crippen LogP contribution >= 0.6 is 0 Å². The van der Waals surface area contributed by atoms with Crippen LogP contribution in [0.5, 0.6) is 0 Å². The van der Waals surface area contributed by atoms with Gasteiger partial charge >= 0.3 is 0 Å². The summed E-state index contributed by atoms with van der Waals surface area (Å²) in [4.78, 5) is 18.6. The molecule has 0 aromatic heterocycles. The van der Waals surface area contributed by atoms with Gasteiger partial charge in [-0.2, -0.15) is 0 Å². The fourth-order valence-corrected chi connectivity index (χ4v) is 4.39. The second-order valence-corrected chi connectivity index (χ2v) is 7.99. The van der Waals surface area contributed by atoms with Crippen molar-refractivity contribution in [3.8, 4) is 0 Å². The van der Waals surface area contributed by atoms with E-state index in [1.54, 1.807) is 12.1 Å². The first kappa shape index (κ1) is 21.6.